The molecule has 256 valence electrons. The van der Waals surface area contributed by atoms with Crippen LogP contribution in [0.15, 0.2) is 114 Å². The average molecular weight is 707 g/mol. The van der Waals surface area contributed by atoms with Gasteiger partial charge in [-0.2, -0.15) is 13.2 Å². The first-order valence-electron chi connectivity index (χ1n) is 15.2. The van der Waals surface area contributed by atoms with Crippen LogP contribution in [-0.2, 0) is 14.6 Å². The van der Waals surface area contributed by atoms with E-state index in [1.807, 2.05) is 0 Å². The number of imide groups is 1. The summed E-state index contributed by atoms with van der Waals surface area (Å²) in [7, 11) is -5.68. The van der Waals surface area contributed by atoms with Gasteiger partial charge in [0.25, 0.3) is 15.7 Å². The first-order chi connectivity index (χ1) is 23.6. The van der Waals surface area contributed by atoms with Crippen molar-refractivity contribution in [1.29, 1.82) is 0 Å². The number of hydrogen-bond donors (Lipinski definition) is 1. The highest BCUT2D eigenvalue weighted by Gasteiger charge is 2.59. The highest BCUT2D eigenvalue weighted by atomic mass is 32.2. The molecule has 8 nitrogen and oxygen atoms in total. The number of benzene rings is 3. The molecular weight excluding hydrogens is 679 g/mol. The number of anilines is 1. The number of halogens is 5. The standard InChI is InChI=1S/C36H27F5N4O4S/c1-21(25-15-17-42-31(19-25)23-3-7-27(37)8-4-23)35(22(2)26-16-18-43-32(20-26)24-5-9-28(38)10-6-24)33(46)45(34(47)44-35)29-11-13-30(14-12-29)50(48,49)36(39,40)41/h3-22H,1-2H3,(H,44,47). The van der Waals surface area contributed by atoms with Gasteiger partial charge < -0.3 is 5.32 Å². The fraction of sp³-hybridized carbons (Fsp3) is 0.167. The summed E-state index contributed by atoms with van der Waals surface area (Å²) in [6.07, 6.45) is 3.03. The van der Waals surface area contributed by atoms with Crippen molar-refractivity contribution in [3.8, 4) is 22.5 Å². The van der Waals surface area contributed by atoms with E-state index in [0.29, 0.717) is 45.8 Å². The monoisotopic (exact) mass is 706 g/mol. The van der Waals surface area contributed by atoms with Crippen LogP contribution in [0.1, 0.15) is 36.8 Å². The lowest BCUT2D eigenvalue weighted by atomic mass is 9.69. The van der Waals surface area contributed by atoms with Crippen molar-refractivity contribution in [3.63, 3.8) is 0 Å². The van der Waals surface area contributed by atoms with E-state index in [2.05, 4.69) is 15.3 Å². The van der Waals surface area contributed by atoms with E-state index in [1.54, 1.807) is 62.4 Å². The number of amides is 3. The third-order valence-electron chi connectivity index (χ3n) is 9.00. The number of hydrogen-bond acceptors (Lipinski definition) is 6. The van der Waals surface area contributed by atoms with Crippen molar-refractivity contribution in [1.82, 2.24) is 15.3 Å². The van der Waals surface area contributed by atoms with Gasteiger partial charge >= 0.3 is 11.5 Å². The zero-order valence-electron chi connectivity index (χ0n) is 26.3. The molecule has 3 amide bonds. The Hall–Kier alpha value is -5.50. The van der Waals surface area contributed by atoms with Crippen molar-refractivity contribution < 1.29 is 40.0 Å². The predicted molar refractivity (Wildman–Crippen MR) is 175 cm³/mol. The second kappa shape index (κ2) is 12.8. The molecule has 2 unspecified atom stereocenters. The van der Waals surface area contributed by atoms with Gasteiger partial charge in [-0.1, -0.05) is 13.8 Å². The number of carbonyl (C=O) groups is 2. The van der Waals surface area contributed by atoms with Gasteiger partial charge in [-0.05, 0) is 108 Å². The maximum atomic E-state index is 14.7. The van der Waals surface area contributed by atoms with Crippen LogP contribution in [-0.4, -0.2) is 41.4 Å². The molecule has 1 aliphatic heterocycles. The van der Waals surface area contributed by atoms with E-state index in [0.717, 1.165) is 17.0 Å². The lowest BCUT2D eigenvalue weighted by Crippen LogP contribution is -2.55. The molecule has 0 saturated carbocycles. The van der Waals surface area contributed by atoms with E-state index >= 15 is 0 Å². The lowest BCUT2D eigenvalue weighted by molar-refractivity contribution is -0.123. The minimum absolute atomic E-state index is 0.154. The Balaban J connectivity index is 1.46. The number of urea groups is 1. The molecule has 0 radical (unpaired) electrons. The molecule has 1 N–H and O–H groups in total. The molecule has 1 aliphatic rings. The van der Waals surface area contributed by atoms with E-state index in [1.165, 1.54) is 36.7 Å². The third-order valence-corrected chi connectivity index (χ3v) is 10.5. The normalized spacial score (nSPS) is 17.8. The summed E-state index contributed by atoms with van der Waals surface area (Å²) in [5.74, 6) is -3.20. The molecule has 0 aliphatic carbocycles. The molecule has 1 saturated heterocycles. The number of alkyl halides is 3. The van der Waals surface area contributed by atoms with Crippen LogP contribution < -0.4 is 10.2 Å². The fourth-order valence-corrected chi connectivity index (χ4v) is 6.94. The Morgan fingerprint density at radius 2 is 1.14 bits per heavy atom. The minimum Gasteiger partial charge on any atom is -0.322 e. The van der Waals surface area contributed by atoms with Crippen LogP contribution in [0.4, 0.5) is 32.4 Å². The number of aromatic nitrogens is 2. The fourth-order valence-electron chi connectivity index (χ4n) is 6.18. The predicted octanol–water partition coefficient (Wildman–Crippen LogP) is 7.78. The van der Waals surface area contributed by atoms with E-state index < -0.39 is 61.2 Å². The van der Waals surface area contributed by atoms with Crippen LogP contribution in [0.3, 0.4) is 0 Å². The van der Waals surface area contributed by atoms with Crippen LogP contribution in [0.5, 0.6) is 0 Å². The minimum atomic E-state index is -5.68. The molecule has 0 bridgehead atoms. The quantitative estimate of drug-likeness (QED) is 0.130. The van der Waals surface area contributed by atoms with Gasteiger partial charge in [-0.15, -0.1) is 0 Å². The molecular formula is C36H27F5N4O4S. The van der Waals surface area contributed by atoms with Crippen molar-refractivity contribution >= 4 is 27.5 Å². The highest BCUT2D eigenvalue weighted by molar-refractivity contribution is 7.92. The number of carbonyl (C=O) groups excluding carboxylic acids is 2. The summed E-state index contributed by atoms with van der Waals surface area (Å²) in [6.45, 7) is 3.45. The van der Waals surface area contributed by atoms with E-state index in [4.69, 9.17) is 0 Å². The molecule has 6 rings (SSSR count). The van der Waals surface area contributed by atoms with Crippen LogP contribution >= 0.6 is 0 Å². The van der Waals surface area contributed by atoms with Crippen LogP contribution in [0.25, 0.3) is 22.5 Å². The second-order valence-corrected chi connectivity index (χ2v) is 13.7. The van der Waals surface area contributed by atoms with Crippen LogP contribution in [0, 0.1) is 11.6 Å². The second-order valence-electron chi connectivity index (χ2n) is 11.8. The van der Waals surface area contributed by atoms with Gasteiger partial charge in [0, 0.05) is 35.4 Å². The van der Waals surface area contributed by atoms with Gasteiger partial charge in [0.2, 0.25) is 0 Å². The number of pyridine rings is 2. The topological polar surface area (TPSA) is 109 Å². The zero-order chi connectivity index (χ0) is 36.0. The van der Waals surface area contributed by atoms with Crippen LogP contribution in [0.2, 0.25) is 0 Å². The molecule has 3 aromatic carbocycles. The van der Waals surface area contributed by atoms with Crippen molar-refractivity contribution in [2.24, 2.45) is 0 Å². The molecule has 3 heterocycles. The van der Waals surface area contributed by atoms with Gasteiger partial charge in [0.1, 0.15) is 17.2 Å². The van der Waals surface area contributed by atoms with Gasteiger partial charge in [-0.3, -0.25) is 14.8 Å². The molecule has 0 spiro atoms. The SMILES string of the molecule is CC(c1ccnc(-c2ccc(F)cc2)c1)C1(C(C)c2ccnc(-c3ccc(F)cc3)c2)NC(=O)N(c2ccc(S(=O)(=O)C(F)(F)F)cc2)C1=O. The van der Waals surface area contributed by atoms with Crippen molar-refractivity contribution in [2.75, 3.05) is 4.90 Å². The molecule has 5 aromatic rings. The summed E-state index contributed by atoms with van der Waals surface area (Å²) >= 11 is 0. The summed E-state index contributed by atoms with van der Waals surface area (Å²) in [5.41, 5.74) is -4.17. The maximum absolute atomic E-state index is 14.7. The van der Waals surface area contributed by atoms with Crippen molar-refractivity contribution in [3.05, 3.63) is 132 Å². The largest absolute Gasteiger partial charge is 0.501 e. The van der Waals surface area contributed by atoms with E-state index in [9.17, 15) is 40.0 Å². The summed E-state index contributed by atoms with van der Waals surface area (Å²) in [5, 5.41) is 2.86. The highest BCUT2D eigenvalue weighted by Crippen LogP contribution is 2.46. The summed E-state index contributed by atoms with van der Waals surface area (Å²) in [4.78, 5) is 37.0. The van der Waals surface area contributed by atoms with Gasteiger partial charge in [0.15, 0.2) is 0 Å². The zero-order valence-corrected chi connectivity index (χ0v) is 27.1. The first-order valence-corrected chi connectivity index (χ1v) is 16.6. The number of nitrogens with one attached hydrogen (secondary N) is 1. The smallest absolute Gasteiger partial charge is 0.322 e. The lowest BCUT2D eigenvalue weighted by Gasteiger charge is -2.39. The summed E-state index contributed by atoms with van der Waals surface area (Å²) in [6, 6.07) is 20.5. The Labute approximate surface area is 283 Å². The molecule has 2 aromatic heterocycles. The molecule has 2 atom stereocenters. The van der Waals surface area contributed by atoms with Crippen molar-refractivity contribution in [2.45, 2.75) is 41.6 Å². The number of rotatable bonds is 8. The Bertz CT molecular complexity index is 2100. The number of nitrogens with zero attached hydrogens (tertiary/aromatic N) is 3. The third kappa shape index (κ3) is 5.99. The first kappa shape index (κ1) is 34.4. The van der Waals surface area contributed by atoms with Gasteiger partial charge in [-0.25, -0.2) is 26.9 Å². The molecule has 50 heavy (non-hydrogen) atoms. The average Bonchev–Trinajstić information content (AvgIpc) is 3.37. The Morgan fingerprint density at radius 1 is 0.700 bits per heavy atom. The Morgan fingerprint density at radius 3 is 1.56 bits per heavy atom. The van der Waals surface area contributed by atoms with E-state index in [-0.39, 0.29) is 5.69 Å². The maximum Gasteiger partial charge on any atom is 0.501 e. The van der Waals surface area contributed by atoms with Gasteiger partial charge in [0.05, 0.1) is 22.0 Å². The molecule has 1 fully saturated rings. The number of sulfone groups is 1. The molecule has 14 heteroatoms. The summed E-state index contributed by atoms with van der Waals surface area (Å²) < 4.78 is 90.8. The Kier molecular flexibility index (Phi) is 8.76.